The first-order valence-electron chi connectivity index (χ1n) is 27.7. The molecule has 0 saturated carbocycles. The number of imidazole rings is 1. The Bertz CT molecular complexity index is 4320. The molecule has 0 fully saturated rings. The molecule has 12 aromatic rings. The summed E-state index contributed by atoms with van der Waals surface area (Å²) in [6.45, 7) is -2.55. The molecule has 9 aromatic carbocycles. The molecule has 0 aliphatic heterocycles. The standard InChI is InChI=1S/C61H42N4O/c1-42-54(45-24-10-4-11-25-45)40-62-61(59(42)46-26-12-5-13-27-46)65-55-33-15-14-30-52(55)53-37-36-49(39-58(53)65)66-48-29-18-28-47(38-48)63-41-64(57-35-17-16-34-56(57)63)60-50(43-20-6-2-7-21-43)31-19-32-51(60)44-22-8-3-9-23-44/h2-40H,1H3/i1D3,2D,3D,6D,7D,8D,9D,20D,21D,22D,23D. The monoisotopic (exact) mass is 859 g/mol. The molecule has 66 heavy (non-hydrogen) atoms. The molecule has 0 bridgehead atoms. The third kappa shape index (κ3) is 6.73. The second-order valence-electron chi connectivity index (χ2n) is 15.6. The highest BCUT2D eigenvalue weighted by Gasteiger charge is 2.22. The van der Waals surface area contributed by atoms with Crippen molar-refractivity contribution in [3.63, 3.8) is 0 Å². The van der Waals surface area contributed by atoms with Gasteiger partial charge >= 0.3 is 0 Å². The summed E-state index contributed by atoms with van der Waals surface area (Å²) in [7, 11) is 0. The number of aromatic nitrogens is 4. The summed E-state index contributed by atoms with van der Waals surface area (Å²) in [5.74, 6) is 1.31. The van der Waals surface area contributed by atoms with Crippen LogP contribution in [-0.2, 0) is 0 Å². The molecule has 12 rings (SSSR count). The third-order valence-electron chi connectivity index (χ3n) is 11.7. The average molecular weight is 860 g/mol. The molecule has 3 aromatic heterocycles. The van der Waals surface area contributed by atoms with Crippen molar-refractivity contribution in [2.75, 3.05) is 0 Å². The third-order valence-corrected chi connectivity index (χ3v) is 11.7. The Labute approximate surface area is 401 Å². The van der Waals surface area contributed by atoms with Crippen LogP contribution < -0.4 is 9.30 Å². The molecule has 5 nitrogen and oxygen atoms in total. The van der Waals surface area contributed by atoms with E-state index in [4.69, 9.17) is 27.5 Å². The van der Waals surface area contributed by atoms with Crippen LogP contribution in [0.2, 0.25) is 0 Å². The first-order valence-corrected chi connectivity index (χ1v) is 21.2. The van der Waals surface area contributed by atoms with Crippen molar-refractivity contribution < 1.29 is 27.1 Å². The van der Waals surface area contributed by atoms with E-state index in [0.29, 0.717) is 56.2 Å². The summed E-state index contributed by atoms with van der Waals surface area (Å²) < 4.78 is 126. The Kier molecular flexibility index (Phi) is 6.81. The molecule has 5 heteroatoms. The van der Waals surface area contributed by atoms with Crippen LogP contribution in [0.3, 0.4) is 0 Å². The number of hydrogen-bond donors (Lipinski definition) is 0. The molecular weight excluding hydrogens is 805 g/mol. The maximum absolute atomic E-state index is 9.05. The van der Waals surface area contributed by atoms with E-state index < -0.39 is 67.3 Å². The van der Waals surface area contributed by atoms with E-state index in [9.17, 15) is 0 Å². The first-order chi connectivity index (χ1) is 38.0. The minimum atomic E-state index is -2.55. The lowest BCUT2D eigenvalue weighted by molar-refractivity contribution is -0.571. The van der Waals surface area contributed by atoms with Crippen molar-refractivity contribution in [2.24, 2.45) is 0 Å². The smallest absolute Gasteiger partial charge is 0.269 e. The SMILES string of the molecule is [2H]c1c([2H])c([2H])c(-c2cccc(-c3c([2H])c([2H])c([2H])c([2H])c3[2H])c2-[n+]2[c-]n(-c3cccc(Oc4ccc5c6ccccc6n(-c6ncc(-c7ccccc7)c(C([2H])([2H])[2H])c6-c6ccccc6)c5c4)c3)c3ccccc32)c([2H])c1[2H]. The molecule has 0 aliphatic rings. The fourth-order valence-electron chi connectivity index (χ4n) is 8.82. The van der Waals surface area contributed by atoms with Gasteiger partial charge in [-0.15, -0.1) is 0 Å². The lowest BCUT2D eigenvalue weighted by Gasteiger charge is -2.18. The summed E-state index contributed by atoms with van der Waals surface area (Å²) in [5, 5.41) is 1.80. The molecule has 0 atom stereocenters. The van der Waals surface area contributed by atoms with Crippen molar-refractivity contribution in [3.8, 4) is 73.2 Å². The van der Waals surface area contributed by atoms with Gasteiger partial charge in [-0.25, -0.2) is 4.98 Å². The second-order valence-corrected chi connectivity index (χ2v) is 15.6. The first kappa shape index (κ1) is 27.4. The number of hydrogen-bond acceptors (Lipinski definition) is 2. The number of rotatable bonds is 9. The molecule has 0 unspecified atom stereocenters. The lowest BCUT2D eigenvalue weighted by atomic mass is 9.94. The van der Waals surface area contributed by atoms with E-state index in [1.54, 1.807) is 51.7 Å². The van der Waals surface area contributed by atoms with Crippen LogP contribution in [0.5, 0.6) is 11.5 Å². The van der Waals surface area contributed by atoms with Crippen LogP contribution in [0.1, 0.15) is 23.4 Å². The summed E-state index contributed by atoms with van der Waals surface area (Å²) in [6.07, 6.45) is 5.07. The Morgan fingerprint density at radius 2 is 1.15 bits per heavy atom. The summed E-state index contributed by atoms with van der Waals surface area (Å²) in [4.78, 5) is 5.12. The molecule has 0 saturated heterocycles. The van der Waals surface area contributed by atoms with Crippen LogP contribution in [0, 0.1) is 13.2 Å². The molecule has 0 amide bonds. The van der Waals surface area contributed by atoms with Gasteiger partial charge in [-0.3, -0.25) is 13.7 Å². The van der Waals surface area contributed by atoms with E-state index in [1.807, 2.05) is 138 Å². The number of nitrogens with zero attached hydrogens (tertiary/aromatic N) is 4. The van der Waals surface area contributed by atoms with Gasteiger partial charge in [-0.1, -0.05) is 188 Å². The molecule has 0 radical (unpaired) electrons. The van der Waals surface area contributed by atoms with Gasteiger partial charge in [0.25, 0.3) is 6.33 Å². The van der Waals surface area contributed by atoms with Gasteiger partial charge in [0, 0.05) is 38.3 Å². The van der Waals surface area contributed by atoms with Gasteiger partial charge in [0.1, 0.15) is 17.3 Å². The Balaban J connectivity index is 1.03. The predicted octanol–water partition coefficient (Wildman–Crippen LogP) is 15.0. The Morgan fingerprint density at radius 1 is 0.530 bits per heavy atom. The highest BCUT2D eigenvalue weighted by molar-refractivity contribution is 6.10. The quantitative estimate of drug-likeness (QED) is 0.107. The van der Waals surface area contributed by atoms with Gasteiger partial charge in [-0.05, 0) is 82.2 Å². The minimum absolute atomic E-state index is 0.128. The van der Waals surface area contributed by atoms with Crippen molar-refractivity contribution >= 4 is 32.8 Å². The van der Waals surface area contributed by atoms with Crippen LogP contribution in [-0.4, -0.2) is 14.1 Å². The normalized spacial score (nSPS) is 14.4. The van der Waals surface area contributed by atoms with Gasteiger partial charge < -0.3 is 4.74 Å². The van der Waals surface area contributed by atoms with Crippen LogP contribution >= 0.6 is 0 Å². The Morgan fingerprint density at radius 3 is 1.88 bits per heavy atom. The van der Waals surface area contributed by atoms with E-state index in [0.717, 1.165) is 21.9 Å². The maximum Gasteiger partial charge on any atom is 0.269 e. The zero-order valence-electron chi connectivity index (χ0n) is 47.9. The Hall–Kier alpha value is -8.80. The summed E-state index contributed by atoms with van der Waals surface area (Å²) in [5.41, 5.74) is 5.83. The van der Waals surface area contributed by atoms with Crippen molar-refractivity contribution in [1.82, 2.24) is 14.1 Å². The fourth-order valence-corrected chi connectivity index (χ4v) is 8.82. The van der Waals surface area contributed by atoms with Gasteiger partial charge in [-0.2, -0.15) is 0 Å². The number of pyridine rings is 1. The van der Waals surface area contributed by atoms with E-state index in [-0.39, 0.29) is 33.5 Å². The van der Waals surface area contributed by atoms with E-state index in [2.05, 4.69) is 6.33 Å². The van der Waals surface area contributed by atoms with E-state index >= 15 is 0 Å². The number of para-hydroxylation sites is 4. The number of fused-ring (bicyclic) bond motifs is 4. The molecule has 312 valence electrons. The zero-order valence-corrected chi connectivity index (χ0v) is 34.9. The number of benzene rings is 9. The van der Waals surface area contributed by atoms with Gasteiger partial charge in [0.05, 0.1) is 47.1 Å². The van der Waals surface area contributed by atoms with Crippen molar-refractivity contribution in [3.05, 3.63) is 248 Å². The highest BCUT2D eigenvalue weighted by atomic mass is 16.5. The minimum Gasteiger partial charge on any atom is -0.458 e. The van der Waals surface area contributed by atoms with Gasteiger partial charge in [0.2, 0.25) is 0 Å². The number of ether oxygens (including phenoxy) is 1. The summed E-state index contributed by atoms with van der Waals surface area (Å²) in [6, 6.07) is 46.3. The van der Waals surface area contributed by atoms with Crippen LogP contribution in [0.25, 0.3) is 94.5 Å². The van der Waals surface area contributed by atoms with Crippen LogP contribution in [0.15, 0.2) is 236 Å². The maximum atomic E-state index is 9.05. The summed E-state index contributed by atoms with van der Waals surface area (Å²) >= 11 is 0. The lowest BCUT2D eigenvalue weighted by Crippen LogP contribution is -2.31. The predicted molar refractivity (Wildman–Crippen MR) is 269 cm³/mol. The molecule has 3 heterocycles. The molecule has 0 aliphatic carbocycles. The largest absolute Gasteiger partial charge is 0.458 e. The van der Waals surface area contributed by atoms with E-state index in [1.165, 1.54) is 0 Å². The average Bonchev–Trinajstić information content (AvgIpc) is 4.26. The molecule has 0 spiro atoms. The van der Waals surface area contributed by atoms with Gasteiger partial charge in [0.15, 0.2) is 0 Å². The fraction of sp³-hybridized carbons (Fsp3) is 0.0164. The zero-order chi connectivity index (χ0) is 55.2. The highest BCUT2D eigenvalue weighted by Crippen LogP contribution is 2.41. The molecule has 0 N–H and O–H groups in total. The molecular formula is C61H42N4O. The van der Waals surface area contributed by atoms with Crippen LogP contribution in [0.4, 0.5) is 0 Å². The topological polar surface area (TPSA) is 35.9 Å². The van der Waals surface area contributed by atoms with Crippen molar-refractivity contribution in [1.29, 1.82) is 0 Å². The van der Waals surface area contributed by atoms with Crippen molar-refractivity contribution in [2.45, 2.75) is 6.85 Å². The second kappa shape index (κ2) is 16.4.